The molecule has 3 heterocycles. The number of rotatable bonds is 4. The van der Waals surface area contributed by atoms with Gasteiger partial charge in [0.05, 0.1) is 5.52 Å². The van der Waals surface area contributed by atoms with Gasteiger partial charge in [-0.1, -0.05) is 18.2 Å². The van der Waals surface area contributed by atoms with Crippen LogP contribution in [0, 0.1) is 0 Å². The van der Waals surface area contributed by atoms with Gasteiger partial charge >= 0.3 is 0 Å². The summed E-state index contributed by atoms with van der Waals surface area (Å²) in [5.41, 5.74) is 2.09. The number of para-hydroxylation sites is 1. The van der Waals surface area contributed by atoms with Crippen molar-refractivity contribution in [2.24, 2.45) is 0 Å². The second-order valence-corrected chi connectivity index (χ2v) is 6.41. The number of anilines is 2. The summed E-state index contributed by atoms with van der Waals surface area (Å²) in [6, 6.07) is 12.3. The molecule has 0 saturated carbocycles. The molecule has 128 valence electrons. The van der Waals surface area contributed by atoms with Crippen LogP contribution < -0.4 is 10.2 Å². The van der Waals surface area contributed by atoms with Gasteiger partial charge in [-0.15, -0.1) is 0 Å². The van der Waals surface area contributed by atoms with Gasteiger partial charge < -0.3 is 15.1 Å². The highest BCUT2D eigenvalue weighted by molar-refractivity contribution is 5.88. The number of hydrogen-bond donors (Lipinski definition) is 1. The molecule has 6 nitrogen and oxygen atoms in total. The Kier molecular flexibility index (Phi) is 4.43. The Bertz CT molecular complexity index is 835. The van der Waals surface area contributed by atoms with Crippen LogP contribution in [0.15, 0.2) is 48.9 Å². The summed E-state index contributed by atoms with van der Waals surface area (Å²) in [5, 5.41) is 4.43. The van der Waals surface area contributed by atoms with E-state index in [4.69, 9.17) is 0 Å². The fraction of sp³-hybridized carbons (Fsp3) is 0.316. The minimum Gasteiger partial charge on any atom is -0.365 e. The van der Waals surface area contributed by atoms with E-state index in [9.17, 15) is 0 Å². The summed E-state index contributed by atoms with van der Waals surface area (Å²) in [4.78, 5) is 18.0. The Hall–Kier alpha value is -2.73. The van der Waals surface area contributed by atoms with Gasteiger partial charge in [0, 0.05) is 44.3 Å². The highest BCUT2D eigenvalue weighted by Crippen LogP contribution is 2.19. The fourth-order valence-corrected chi connectivity index (χ4v) is 3.08. The zero-order valence-electron chi connectivity index (χ0n) is 14.4. The number of hydrogen-bond acceptors (Lipinski definition) is 6. The summed E-state index contributed by atoms with van der Waals surface area (Å²) in [6.45, 7) is 4.94. The van der Waals surface area contributed by atoms with E-state index in [0.29, 0.717) is 6.54 Å². The Morgan fingerprint density at radius 1 is 0.960 bits per heavy atom. The summed E-state index contributed by atoms with van der Waals surface area (Å²) in [7, 11) is 2.16. The first-order valence-corrected chi connectivity index (χ1v) is 8.61. The van der Waals surface area contributed by atoms with E-state index in [1.165, 1.54) is 0 Å². The minimum atomic E-state index is 0.691. The molecule has 0 aliphatic carbocycles. The molecule has 6 heteroatoms. The zero-order chi connectivity index (χ0) is 17.1. The number of aromatic nitrogens is 3. The van der Waals surface area contributed by atoms with E-state index in [1.54, 1.807) is 6.33 Å². The third-order valence-corrected chi connectivity index (χ3v) is 4.64. The van der Waals surface area contributed by atoms with Crippen molar-refractivity contribution in [3.8, 4) is 0 Å². The highest BCUT2D eigenvalue weighted by atomic mass is 15.3. The number of benzene rings is 1. The third kappa shape index (κ3) is 3.53. The van der Waals surface area contributed by atoms with E-state index >= 15 is 0 Å². The van der Waals surface area contributed by atoms with Crippen molar-refractivity contribution in [2.75, 3.05) is 43.4 Å². The summed E-state index contributed by atoms with van der Waals surface area (Å²) < 4.78 is 0. The second-order valence-electron chi connectivity index (χ2n) is 6.41. The van der Waals surface area contributed by atoms with E-state index in [1.807, 2.05) is 30.5 Å². The topological polar surface area (TPSA) is 57.2 Å². The molecule has 25 heavy (non-hydrogen) atoms. The smallest absolute Gasteiger partial charge is 0.137 e. The lowest BCUT2D eigenvalue weighted by molar-refractivity contribution is 0.312. The predicted molar refractivity (Wildman–Crippen MR) is 101 cm³/mol. The van der Waals surface area contributed by atoms with E-state index in [2.05, 4.69) is 49.2 Å². The molecule has 1 fully saturated rings. The number of fused-ring (bicyclic) bond motifs is 1. The van der Waals surface area contributed by atoms with Crippen LogP contribution in [0.25, 0.3) is 10.9 Å². The number of piperazine rings is 1. The fourth-order valence-electron chi connectivity index (χ4n) is 3.08. The van der Waals surface area contributed by atoms with Crippen molar-refractivity contribution in [2.45, 2.75) is 6.54 Å². The molecule has 0 unspecified atom stereocenters. The molecule has 0 spiro atoms. The average Bonchev–Trinajstić information content (AvgIpc) is 2.67. The van der Waals surface area contributed by atoms with Gasteiger partial charge in [-0.25, -0.2) is 15.0 Å². The first kappa shape index (κ1) is 15.8. The molecule has 0 atom stereocenters. The van der Waals surface area contributed by atoms with Gasteiger partial charge in [-0.2, -0.15) is 0 Å². The maximum absolute atomic E-state index is 4.64. The van der Waals surface area contributed by atoms with Crippen LogP contribution in [0.4, 0.5) is 11.6 Å². The predicted octanol–water partition coefficient (Wildman–Crippen LogP) is 2.39. The van der Waals surface area contributed by atoms with Gasteiger partial charge in [0.1, 0.15) is 18.0 Å². The van der Waals surface area contributed by atoms with Crippen LogP contribution in [0.2, 0.25) is 0 Å². The largest absolute Gasteiger partial charge is 0.365 e. The molecule has 1 aromatic carbocycles. The van der Waals surface area contributed by atoms with Gasteiger partial charge in [0.2, 0.25) is 0 Å². The SMILES string of the molecule is CN1CCN(c2ccc(CNc3ncnc4ccccc34)cn2)CC1. The molecular weight excluding hydrogens is 312 g/mol. The second kappa shape index (κ2) is 7.03. The molecular formula is C19H22N6. The first-order valence-electron chi connectivity index (χ1n) is 8.61. The Labute approximate surface area is 147 Å². The van der Waals surface area contributed by atoms with Crippen LogP contribution in [0.3, 0.4) is 0 Å². The number of nitrogens with one attached hydrogen (secondary N) is 1. The molecule has 1 aliphatic rings. The molecule has 0 radical (unpaired) electrons. The summed E-state index contributed by atoms with van der Waals surface area (Å²) in [6.07, 6.45) is 3.55. The van der Waals surface area contributed by atoms with Crippen molar-refractivity contribution in [1.82, 2.24) is 19.9 Å². The molecule has 1 N–H and O–H groups in total. The molecule has 0 bridgehead atoms. The monoisotopic (exact) mass is 334 g/mol. The van der Waals surface area contributed by atoms with Crippen molar-refractivity contribution < 1.29 is 0 Å². The third-order valence-electron chi connectivity index (χ3n) is 4.64. The van der Waals surface area contributed by atoms with Crippen molar-refractivity contribution in [1.29, 1.82) is 0 Å². The maximum atomic E-state index is 4.64. The van der Waals surface area contributed by atoms with Gasteiger partial charge in [0.15, 0.2) is 0 Å². The van der Waals surface area contributed by atoms with Gasteiger partial charge in [-0.3, -0.25) is 0 Å². The van der Waals surface area contributed by atoms with E-state index in [-0.39, 0.29) is 0 Å². The normalized spacial score (nSPS) is 15.5. The van der Waals surface area contributed by atoms with E-state index < -0.39 is 0 Å². The molecule has 4 rings (SSSR count). The minimum absolute atomic E-state index is 0.691. The van der Waals surface area contributed by atoms with Crippen molar-refractivity contribution >= 4 is 22.5 Å². The number of likely N-dealkylation sites (N-methyl/N-ethyl adjacent to an activating group) is 1. The molecule has 0 amide bonds. The van der Waals surface area contributed by atoms with Crippen molar-refractivity contribution in [3.63, 3.8) is 0 Å². The Morgan fingerprint density at radius 3 is 2.60 bits per heavy atom. The first-order chi connectivity index (χ1) is 12.3. The lowest BCUT2D eigenvalue weighted by Crippen LogP contribution is -2.44. The van der Waals surface area contributed by atoms with Crippen LogP contribution >= 0.6 is 0 Å². The van der Waals surface area contributed by atoms with Crippen molar-refractivity contribution in [3.05, 3.63) is 54.5 Å². The quantitative estimate of drug-likeness (QED) is 0.791. The van der Waals surface area contributed by atoms with Crippen LogP contribution in [0.5, 0.6) is 0 Å². The zero-order valence-corrected chi connectivity index (χ0v) is 14.4. The molecule has 1 aliphatic heterocycles. The standard InChI is InChI=1S/C19H22N6/c1-24-8-10-25(11-9-24)18-7-6-15(12-20-18)13-21-19-16-4-2-3-5-17(16)22-14-23-19/h2-7,12,14H,8-11,13H2,1H3,(H,21,22,23). The Balaban J connectivity index is 1.43. The Morgan fingerprint density at radius 2 is 1.80 bits per heavy atom. The summed E-state index contributed by atoms with van der Waals surface area (Å²) >= 11 is 0. The van der Waals surface area contributed by atoms with Crippen LogP contribution in [0.1, 0.15) is 5.56 Å². The van der Waals surface area contributed by atoms with Gasteiger partial charge in [-0.05, 0) is 30.8 Å². The van der Waals surface area contributed by atoms with Crippen LogP contribution in [-0.2, 0) is 6.54 Å². The molecule has 1 saturated heterocycles. The summed E-state index contributed by atoms with van der Waals surface area (Å²) in [5.74, 6) is 1.91. The van der Waals surface area contributed by atoms with E-state index in [0.717, 1.165) is 54.3 Å². The lowest BCUT2D eigenvalue weighted by Gasteiger charge is -2.33. The maximum Gasteiger partial charge on any atom is 0.137 e. The molecule has 2 aromatic heterocycles. The number of nitrogens with zero attached hydrogens (tertiary/aromatic N) is 5. The van der Waals surface area contributed by atoms with Crippen LogP contribution in [-0.4, -0.2) is 53.1 Å². The average molecular weight is 334 g/mol. The van der Waals surface area contributed by atoms with Gasteiger partial charge in [0.25, 0.3) is 0 Å². The lowest BCUT2D eigenvalue weighted by atomic mass is 10.2. The number of pyridine rings is 1. The molecule has 3 aromatic rings. The highest BCUT2D eigenvalue weighted by Gasteiger charge is 2.14.